The average Bonchev–Trinajstić information content (AvgIpc) is 2.39. The fourth-order valence-corrected chi connectivity index (χ4v) is 1.53. The molecule has 0 saturated heterocycles. The third kappa shape index (κ3) is 3.95. The van der Waals surface area contributed by atoms with E-state index < -0.39 is 23.1 Å². The van der Waals surface area contributed by atoms with E-state index in [4.69, 9.17) is 6.42 Å². The number of rotatable bonds is 5. The minimum atomic E-state index is -1.07. The molecule has 0 saturated carbocycles. The normalized spacial score (nSPS) is 10.8. The molecule has 0 unspecified atom stereocenters. The first kappa shape index (κ1) is 16.0. The van der Waals surface area contributed by atoms with Gasteiger partial charge in [-0.3, -0.25) is 4.79 Å². The van der Waals surface area contributed by atoms with Gasteiger partial charge in [0.15, 0.2) is 11.6 Å². The summed E-state index contributed by atoms with van der Waals surface area (Å²) >= 11 is 0. The first-order valence-corrected chi connectivity index (χ1v) is 6.34. The first-order chi connectivity index (χ1) is 9.30. The van der Waals surface area contributed by atoms with E-state index in [1.54, 1.807) is 13.8 Å². The molecule has 5 heteroatoms. The number of hydrogen-bond donors (Lipinski definition) is 2. The SMILES string of the molecule is C#CC(C)(C)NC(=O)c1cc(F)c(F)cc1NCCC. The molecule has 3 nitrogen and oxygen atoms in total. The van der Waals surface area contributed by atoms with Gasteiger partial charge in [-0.25, -0.2) is 8.78 Å². The summed E-state index contributed by atoms with van der Waals surface area (Å²) in [6.45, 7) is 5.76. The molecular formula is C15H18F2N2O. The molecule has 20 heavy (non-hydrogen) atoms. The highest BCUT2D eigenvalue weighted by Gasteiger charge is 2.22. The largest absolute Gasteiger partial charge is 0.384 e. The Bertz CT molecular complexity index is 548. The number of carbonyl (C=O) groups excluding carboxylic acids is 1. The highest BCUT2D eigenvalue weighted by Crippen LogP contribution is 2.21. The van der Waals surface area contributed by atoms with E-state index in [-0.39, 0.29) is 11.3 Å². The van der Waals surface area contributed by atoms with Gasteiger partial charge in [-0.05, 0) is 26.3 Å². The van der Waals surface area contributed by atoms with Gasteiger partial charge in [-0.15, -0.1) is 6.42 Å². The monoisotopic (exact) mass is 280 g/mol. The Balaban J connectivity index is 3.12. The number of carbonyl (C=O) groups is 1. The van der Waals surface area contributed by atoms with Crippen LogP contribution in [0.5, 0.6) is 0 Å². The summed E-state index contributed by atoms with van der Waals surface area (Å²) in [6, 6.07) is 1.85. The van der Waals surface area contributed by atoms with Crippen molar-refractivity contribution in [2.45, 2.75) is 32.7 Å². The van der Waals surface area contributed by atoms with E-state index >= 15 is 0 Å². The molecule has 0 aromatic heterocycles. The molecule has 0 fully saturated rings. The van der Waals surface area contributed by atoms with Crippen molar-refractivity contribution in [1.82, 2.24) is 5.32 Å². The maximum Gasteiger partial charge on any atom is 0.254 e. The Morgan fingerprint density at radius 3 is 2.50 bits per heavy atom. The lowest BCUT2D eigenvalue weighted by molar-refractivity contribution is 0.0930. The fraction of sp³-hybridized carbons (Fsp3) is 0.400. The zero-order valence-electron chi connectivity index (χ0n) is 11.8. The van der Waals surface area contributed by atoms with E-state index in [0.29, 0.717) is 6.54 Å². The van der Waals surface area contributed by atoms with E-state index in [1.165, 1.54) is 0 Å². The maximum absolute atomic E-state index is 13.3. The van der Waals surface area contributed by atoms with Gasteiger partial charge in [0, 0.05) is 12.6 Å². The molecule has 1 rings (SSSR count). The maximum atomic E-state index is 13.3. The Hall–Kier alpha value is -2.09. The van der Waals surface area contributed by atoms with Gasteiger partial charge in [-0.1, -0.05) is 12.8 Å². The van der Waals surface area contributed by atoms with Crippen molar-refractivity contribution < 1.29 is 13.6 Å². The topological polar surface area (TPSA) is 41.1 Å². The summed E-state index contributed by atoms with van der Waals surface area (Å²) in [7, 11) is 0. The van der Waals surface area contributed by atoms with Gasteiger partial charge in [0.05, 0.1) is 16.8 Å². The second-order valence-corrected chi connectivity index (χ2v) is 4.96. The van der Waals surface area contributed by atoms with Crippen molar-refractivity contribution in [2.75, 3.05) is 11.9 Å². The van der Waals surface area contributed by atoms with E-state index in [0.717, 1.165) is 18.6 Å². The smallest absolute Gasteiger partial charge is 0.254 e. The first-order valence-electron chi connectivity index (χ1n) is 6.34. The number of anilines is 1. The lowest BCUT2D eigenvalue weighted by Gasteiger charge is -2.21. The Kier molecular flexibility index (Phi) is 5.09. The lowest BCUT2D eigenvalue weighted by Crippen LogP contribution is -2.42. The predicted molar refractivity (Wildman–Crippen MR) is 75.5 cm³/mol. The van der Waals surface area contributed by atoms with Crippen molar-refractivity contribution in [1.29, 1.82) is 0 Å². The summed E-state index contributed by atoms with van der Waals surface area (Å²) in [5, 5.41) is 5.48. The van der Waals surface area contributed by atoms with Crippen LogP contribution in [0.2, 0.25) is 0 Å². The molecule has 0 heterocycles. The summed E-state index contributed by atoms with van der Waals surface area (Å²) in [4.78, 5) is 12.1. The number of benzene rings is 1. The quantitative estimate of drug-likeness (QED) is 0.814. The van der Waals surface area contributed by atoms with Crippen LogP contribution in [-0.2, 0) is 0 Å². The standard InChI is InChI=1S/C15H18F2N2O/c1-5-7-18-13-9-12(17)11(16)8-10(13)14(20)19-15(3,4)6-2/h2,8-9,18H,5,7H2,1,3-4H3,(H,19,20). The number of nitrogens with one attached hydrogen (secondary N) is 2. The molecule has 0 radical (unpaired) electrons. The van der Waals surface area contributed by atoms with Crippen molar-refractivity contribution in [3.8, 4) is 12.3 Å². The highest BCUT2D eigenvalue weighted by molar-refractivity contribution is 6.00. The Morgan fingerprint density at radius 1 is 1.35 bits per heavy atom. The van der Waals surface area contributed by atoms with Crippen LogP contribution in [0.4, 0.5) is 14.5 Å². The van der Waals surface area contributed by atoms with Gasteiger partial charge in [0.1, 0.15) is 0 Å². The van der Waals surface area contributed by atoms with Gasteiger partial charge in [0.25, 0.3) is 5.91 Å². The third-order valence-corrected chi connectivity index (χ3v) is 2.66. The number of terminal acetylenes is 1. The van der Waals surface area contributed by atoms with Crippen LogP contribution in [0.25, 0.3) is 0 Å². The van der Waals surface area contributed by atoms with Crippen molar-refractivity contribution in [3.63, 3.8) is 0 Å². The second kappa shape index (κ2) is 6.38. The van der Waals surface area contributed by atoms with E-state index in [1.807, 2.05) is 6.92 Å². The van der Waals surface area contributed by atoms with Crippen LogP contribution < -0.4 is 10.6 Å². The fourth-order valence-electron chi connectivity index (χ4n) is 1.53. The minimum absolute atomic E-state index is 0.0284. The molecule has 0 aliphatic carbocycles. The van der Waals surface area contributed by atoms with Crippen LogP contribution >= 0.6 is 0 Å². The number of amides is 1. The van der Waals surface area contributed by atoms with E-state index in [2.05, 4.69) is 16.6 Å². The Labute approximate surface area is 117 Å². The van der Waals surface area contributed by atoms with Crippen LogP contribution in [0.15, 0.2) is 12.1 Å². The summed E-state index contributed by atoms with van der Waals surface area (Å²) in [6.07, 6.45) is 6.08. The average molecular weight is 280 g/mol. The lowest BCUT2D eigenvalue weighted by atomic mass is 10.1. The molecule has 0 aliphatic rings. The second-order valence-electron chi connectivity index (χ2n) is 4.96. The van der Waals surface area contributed by atoms with Gasteiger partial charge < -0.3 is 10.6 Å². The molecule has 1 aromatic carbocycles. The molecule has 1 amide bonds. The third-order valence-electron chi connectivity index (χ3n) is 2.66. The molecule has 2 N–H and O–H groups in total. The summed E-state index contributed by atoms with van der Waals surface area (Å²) < 4.78 is 26.6. The molecule has 0 spiro atoms. The molecule has 108 valence electrons. The highest BCUT2D eigenvalue weighted by atomic mass is 19.2. The van der Waals surface area contributed by atoms with Crippen LogP contribution in [0.1, 0.15) is 37.6 Å². The van der Waals surface area contributed by atoms with Crippen LogP contribution in [0.3, 0.4) is 0 Å². The van der Waals surface area contributed by atoms with E-state index in [9.17, 15) is 13.6 Å². The number of hydrogen-bond acceptors (Lipinski definition) is 2. The minimum Gasteiger partial charge on any atom is -0.384 e. The van der Waals surface area contributed by atoms with Gasteiger partial charge in [0.2, 0.25) is 0 Å². The van der Waals surface area contributed by atoms with Crippen LogP contribution in [0, 0.1) is 24.0 Å². The number of halogens is 2. The zero-order valence-corrected chi connectivity index (χ0v) is 11.8. The molecule has 0 bridgehead atoms. The zero-order chi connectivity index (χ0) is 15.3. The van der Waals surface area contributed by atoms with Crippen LogP contribution in [-0.4, -0.2) is 18.0 Å². The summed E-state index contributed by atoms with van der Waals surface area (Å²) in [5.41, 5.74) is -0.596. The van der Waals surface area contributed by atoms with Crippen molar-refractivity contribution in [2.24, 2.45) is 0 Å². The predicted octanol–water partition coefficient (Wildman–Crippen LogP) is 2.93. The summed E-state index contributed by atoms with van der Waals surface area (Å²) in [5.74, 6) is -0.217. The Morgan fingerprint density at radius 2 is 1.95 bits per heavy atom. The molecule has 0 aliphatic heterocycles. The van der Waals surface area contributed by atoms with Crippen molar-refractivity contribution in [3.05, 3.63) is 29.3 Å². The van der Waals surface area contributed by atoms with Gasteiger partial charge in [-0.2, -0.15) is 0 Å². The molecule has 1 aromatic rings. The van der Waals surface area contributed by atoms with Crippen molar-refractivity contribution >= 4 is 11.6 Å². The molecular weight excluding hydrogens is 262 g/mol. The molecule has 0 atom stereocenters. The van der Waals surface area contributed by atoms with Gasteiger partial charge >= 0.3 is 0 Å².